The normalized spacial score (nSPS) is 11.1. The molecule has 0 heterocycles. The molecule has 0 aliphatic carbocycles. The molecule has 0 bridgehead atoms. The molecule has 8 heteroatoms. The van der Waals surface area contributed by atoms with Gasteiger partial charge in [-0.3, -0.25) is 0 Å². The molecule has 3 rings (SSSR count). The van der Waals surface area contributed by atoms with E-state index in [-0.39, 0.29) is 33.6 Å². The van der Waals surface area contributed by atoms with Crippen molar-refractivity contribution in [3.8, 4) is 22.3 Å². The molecule has 3 aromatic carbocycles. The number of carboxylic acids is 1. The summed E-state index contributed by atoms with van der Waals surface area (Å²) in [6, 6.07) is 11.9. The zero-order valence-corrected chi connectivity index (χ0v) is 18.5. The SMILES string of the molecule is Bc1cc(-c2cccc(CNC(C)C)c2)c(F)c(F)c1-c1cc(N)c(NC)c(C(=O)O)c1. The molecule has 0 radical (unpaired) electrons. The highest BCUT2D eigenvalue weighted by molar-refractivity contribution is 6.36. The van der Waals surface area contributed by atoms with E-state index in [0.717, 1.165) is 5.56 Å². The topological polar surface area (TPSA) is 87.4 Å². The van der Waals surface area contributed by atoms with Crippen LogP contribution in [0.2, 0.25) is 0 Å². The Morgan fingerprint density at radius 1 is 1.12 bits per heavy atom. The number of hydrogen-bond donors (Lipinski definition) is 4. The largest absolute Gasteiger partial charge is 0.478 e. The summed E-state index contributed by atoms with van der Waals surface area (Å²) >= 11 is 0. The van der Waals surface area contributed by atoms with E-state index in [2.05, 4.69) is 10.6 Å². The van der Waals surface area contributed by atoms with Crippen LogP contribution in [0.1, 0.15) is 29.8 Å². The molecule has 0 spiro atoms. The summed E-state index contributed by atoms with van der Waals surface area (Å²) in [5.41, 5.74) is 8.56. The molecule has 0 saturated heterocycles. The van der Waals surface area contributed by atoms with Gasteiger partial charge >= 0.3 is 5.97 Å². The lowest BCUT2D eigenvalue weighted by molar-refractivity contribution is 0.0698. The van der Waals surface area contributed by atoms with E-state index in [1.807, 2.05) is 32.0 Å². The summed E-state index contributed by atoms with van der Waals surface area (Å²) in [4.78, 5) is 11.7. The number of carboxylic acid groups (broad SMARTS) is 1. The molecular weight excluding hydrogens is 411 g/mol. The molecule has 0 aliphatic rings. The third kappa shape index (κ3) is 4.60. The Balaban J connectivity index is 2.12. The summed E-state index contributed by atoms with van der Waals surface area (Å²) < 4.78 is 30.5. The number of anilines is 2. The number of carbonyl (C=O) groups is 1. The Bertz CT molecular complexity index is 1180. The quantitative estimate of drug-likeness (QED) is 0.336. The van der Waals surface area contributed by atoms with Crippen LogP contribution >= 0.6 is 0 Å². The maximum atomic E-state index is 15.3. The van der Waals surface area contributed by atoms with Crippen LogP contribution in [0.25, 0.3) is 22.3 Å². The summed E-state index contributed by atoms with van der Waals surface area (Å²) in [5.74, 6) is -3.25. The second-order valence-corrected chi connectivity index (χ2v) is 8.02. The standard InChI is InChI=1S/C24H26BF2N3O2/c1-12(2)30-11-13-5-4-6-14(7-13)16-10-18(25)20(22(27)21(16)26)15-8-17(24(31)32)23(29-3)19(28)9-15/h4-10,12,29-30H,11,25,28H2,1-3H3,(H,31,32). The zero-order chi connectivity index (χ0) is 23.6. The Morgan fingerprint density at radius 2 is 1.84 bits per heavy atom. The third-order valence-electron chi connectivity index (χ3n) is 5.29. The molecule has 166 valence electrons. The molecular formula is C24H26BF2N3O2. The maximum Gasteiger partial charge on any atom is 0.337 e. The number of aromatic carboxylic acids is 1. The van der Waals surface area contributed by atoms with Gasteiger partial charge in [0.25, 0.3) is 0 Å². The van der Waals surface area contributed by atoms with Gasteiger partial charge in [0.15, 0.2) is 11.6 Å². The van der Waals surface area contributed by atoms with Crippen molar-refractivity contribution >= 4 is 30.7 Å². The van der Waals surface area contributed by atoms with Crippen LogP contribution in [0.5, 0.6) is 0 Å². The van der Waals surface area contributed by atoms with E-state index in [9.17, 15) is 9.90 Å². The predicted molar refractivity (Wildman–Crippen MR) is 128 cm³/mol. The molecule has 3 aromatic rings. The average molecular weight is 437 g/mol. The smallest absolute Gasteiger partial charge is 0.337 e. The second kappa shape index (κ2) is 9.40. The second-order valence-electron chi connectivity index (χ2n) is 8.02. The van der Waals surface area contributed by atoms with Gasteiger partial charge in [0.05, 0.1) is 16.9 Å². The lowest BCUT2D eigenvalue weighted by atomic mass is 9.83. The van der Waals surface area contributed by atoms with Crippen LogP contribution in [0, 0.1) is 11.6 Å². The van der Waals surface area contributed by atoms with Gasteiger partial charge in [-0.25, -0.2) is 13.6 Å². The van der Waals surface area contributed by atoms with Crippen LogP contribution in [-0.4, -0.2) is 32.0 Å². The van der Waals surface area contributed by atoms with E-state index in [0.29, 0.717) is 23.6 Å². The third-order valence-corrected chi connectivity index (χ3v) is 5.29. The Hall–Kier alpha value is -3.39. The molecule has 0 atom stereocenters. The van der Waals surface area contributed by atoms with Gasteiger partial charge in [-0.05, 0) is 34.9 Å². The number of nitrogen functional groups attached to an aromatic ring is 1. The van der Waals surface area contributed by atoms with Gasteiger partial charge in [-0.1, -0.05) is 43.6 Å². The molecule has 0 unspecified atom stereocenters. The number of hydrogen-bond acceptors (Lipinski definition) is 4. The van der Waals surface area contributed by atoms with Crippen molar-refractivity contribution < 1.29 is 18.7 Å². The molecule has 0 fully saturated rings. The van der Waals surface area contributed by atoms with Crippen LogP contribution in [0.3, 0.4) is 0 Å². The Labute approximate surface area is 187 Å². The molecule has 0 aromatic heterocycles. The van der Waals surface area contributed by atoms with Gasteiger partial charge in [0, 0.05) is 30.8 Å². The van der Waals surface area contributed by atoms with E-state index in [4.69, 9.17) is 5.73 Å². The van der Waals surface area contributed by atoms with Gasteiger partial charge in [0.2, 0.25) is 0 Å². The lowest BCUT2D eigenvalue weighted by Crippen LogP contribution is -2.21. The number of halogens is 2. The van der Waals surface area contributed by atoms with Crippen molar-refractivity contribution in [3.05, 3.63) is 65.2 Å². The van der Waals surface area contributed by atoms with Crippen molar-refractivity contribution in [1.29, 1.82) is 0 Å². The van der Waals surface area contributed by atoms with Crippen LogP contribution in [0.15, 0.2) is 42.5 Å². The van der Waals surface area contributed by atoms with Crippen molar-refractivity contribution in [2.75, 3.05) is 18.1 Å². The van der Waals surface area contributed by atoms with Gasteiger partial charge in [0.1, 0.15) is 7.85 Å². The first kappa shape index (κ1) is 23.3. The minimum absolute atomic E-state index is 0.0132. The lowest BCUT2D eigenvalue weighted by Gasteiger charge is -2.17. The summed E-state index contributed by atoms with van der Waals surface area (Å²) in [7, 11) is 3.21. The number of nitrogens with two attached hydrogens (primary N) is 1. The van der Waals surface area contributed by atoms with E-state index >= 15 is 8.78 Å². The molecule has 5 N–H and O–H groups in total. The van der Waals surface area contributed by atoms with E-state index in [1.165, 1.54) is 12.1 Å². The van der Waals surface area contributed by atoms with Gasteiger partial charge in [-0.15, -0.1) is 0 Å². The highest BCUT2D eigenvalue weighted by Gasteiger charge is 2.22. The van der Waals surface area contributed by atoms with Gasteiger partial charge in [-0.2, -0.15) is 0 Å². The Morgan fingerprint density at radius 3 is 2.47 bits per heavy atom. The zero-order valence-electron chi connectivity index (χ0n) is 18.5. The summed E-state index contributed by atoms with van der Waals surface area (Å²) in [6.07, 6.45) is 0. The minimum Gasteiger partial charge on any atom is -0.478 e. The fourth-order valence-electron chi connectivity index (χ4n) is 3.74. The van der Waals surface area contributed by atoms with Crippen molar-refractivity contribution in [2.45, 2.75) is 26.4 Å². The van der Waals surface area contributed by atoms with E-state index < -0.39 is 17.6 Å². The first-order valence-electron chi connectivity index (χ1n) is 10.3. The molecule has 0 amide bonds. The fraction of sp³-hybridized carbons (Fsp3) is 0.208. The highest BCUT2D eigenvalue weighted by atomic mass is 19.2. The highest BCUT2D eigenvalue weighted by Crippen LogP contribution is 2.34. The predicted octanol–water partition coefficient (Wildman–Crippen LogP) is 3.38. The number of benzene rings is 3. The van der Waals surface area contributed by atoms with Crippen LogP contribution < -0.4 is 21.8 Å². The number of nitrogens with one attached hydrogen (secondary N) is 2. The summed E-state index contributed by atoms with van der Waals surface area (Å²) in [6.45, 7) is 4.68. The minimum atomic E-state index is -1.22. The molecule has 0 aliphatic heterocycles. The van der Waals surface area contributed by atoms with Crippen molar-refractivity contribution in [3.63, 3.8) is 0 Å². The fourth-order valence-corrected chi connectivity index (χ4v) is 3.74. The molecule has 32 heavy (non-hydrogen) atoms. The van der Waals surface area contributed by atoms with Crippen LogP contribution in [0.4, 0.5) is 20.2 Å². The maximum absolute atomic E-state index is 15.3. The van der Waals surface area contributed by atoms with Gasteiger partial charge < -0.3 is 21.5 Å². The number of rotatable bonds is 7. The molecule has 5 nitrogen and oxygen atoms in total. The first-order chi connectivity index (χ1) is 15.1. The first-order valence-corrected chi connectivity index (χ1v) is 10.3. The summed E-state index contributed by atoms with van der Waals surface area (Å²) in [5, 5.41) is 15.6. The Kier molecular flexibility index (Phi) is 6.84. The molecule has 0 saturated carbocycles. The van der Waals surface area contributed by atoms with Crippen LogP contribution in [-0.2, 0) is 6.54 Å². The van der Waals surface area contributed by atoms with E-state index in [1.54, 1.807) is 27.0 Å². The van der Waals surface area contributed by atoms with Crippen molar-refractivity contribution in [2.24, 2.45) is 0 Å². The average Bonchev–Trinajstić information content (AvgIpc) is 2.74. The van der Waals surface area contributed by atoms with Crippen molar-refractivity contribution in [1.82, 2.24) is 5.32 Å². The monoisotopic (exact) mass is 437 g/mol.